The van der Waals surface area contributed by atoms with Gasteiger partial charge in [-0.3, -0.25) is 4.79 Å². The molecule has 2 atom stereocenters. The molecule has 0 bridgehead atoms. The van der Waals surface area contributed by atoms with Crippen LogP contribution in [-0.2, 0) is 4.79 Å². The topological polar surface area (TPSA) is 21.5 Å². The molecule has 1 saturated heterocycles. The summed E-state index contributed by atoms with van der Waals surface area (Å²) in [6.45, 7) is 6.30. The average Bonchev–Trinajstić information content (AvgIpc) is 2.03. The van der Waals surface area contributed by atoms with E-state index in [1.165, 1.54) is 17.9 Å². The van der Waals surface area contributed by atoms with Crippen molar-refractivity contribution in [3.05, 3.63) is 0 Å². The van der Waals surface area contributed by atoms with Gasteiger partial charge in [-0.2, -0.15) is 0 Å². The molecule has 70 valence electrons. The number of hydrogen-bond donors (Lipinski definition) is 1. The quantitative estimate of drug-likeness (QED) is 0.625. The minimum Gasteiger partial charge on any atom is -0.337 e. The molecule has 2 unspecified atom stereocenters. The molecule has 0 aliphatic carbocycles. The first kappa shape index (κ1) is 9.72. The van der Waals surface area contributed by atoms with Gasteiger partial charge in [-0.25, -0.2) is 0 Å². The number of piperidine rings is 1. The van der Waals surface area contributed by atoms with E-state index in [1.807, 2.05) is 13.8 Å². The summed E-state index contributed by atoms with van der Waals surface area (Å²) in [5.74, 6) is 1.04. The van der Waals surface area contributed by atoms with Crippen LogP contribution in [0.25, 0.3) is 0 Å². The molecule has 1 fully saturated rings. The van der Waals surface area contributed by atoms with E-state index in [2.05, 4.69) is 7.05 Å². The normalized spacial score (nSPS) is 30.7. The second-order valence-corrected chi connectivity index (χ2v) is 4.31. The molecule has 12 heavy (non-hydrogen) atoms. The highest BCUT2D eigenvalue weighted by molar-refractivity contribution is 5.82. The van der Waals surface area contributed by atoms with Crippen LogP contribution in [0.3, 0.4) is 0 Å². The number of likely N-dealkylation sites (tertiary alicyclic amines) is 1. The van der Waals surface area contributed by atoms with Crippen molar-refractivity contribution in [2.24, 2.45) is 11.8 Å². The lowest BCUT2D eigenvalue weighted by atomic mass is 9.88. The minimum atomic E-state index is 0.223. The molecular formula is C10H20NO+. The van der Waals surface area contributed by atoms with Gasteiger partial charge >= 0.3 is 0 Å². The zero-order valence-corrected chi connectivity index (χ0v) is 8.39. The first-order chi connectivity index (χ1) is 5.61. The van der Waals surface area contributed by atoms with Crippen molar-refractivity contribution in [3.63, 3.8) is 0 Å². The first-order valence-corrected chi connectivity index (χ1v) is 4.96. The Morgan fingerprint density at radius 1 is 1.50 bits per heavy atom. The average molecular weight is 170 g/mol. The van der Waals surface area contributed by atoms with Crippen molar-refractivity contribution in [1.29, 1.82) is 0 Å². The molecule has 2 heteroatoms. The second kappa shape index (κ2) is 4.04. The number of hydrogen-bond acceptors (Lipinski definition) is 1. The Balaban J connectivity index is 2.46. The molecule has 2 nitrogen and oxygen atoms in total. The van der Waals surface area contributed by atoms with Gasteiger partial charge in [0, 0.05) is 5.92 Å². The summed E-state index contributed by atoms with van der Waals surface area (Å²) in [4.78, 5) is 13.1. The molecule has 0 aromatic heterocycles. The molecule has 0 amide bonds. The van der Waals surface area contributed by atoms with Gasteiger partial charge in [0.1, 0.15) is 5.78 Å². The van der Waals surface area contributed by atoms with Gasteiger partial charge in [-0.15, -0.1) is 0 Å². The molecule has 0 spiro atoms. The van der Waals surface area contributed by atoms with Crippen LogP contribution in [0.1, 0.15) is 26.7 Å². The lowest BCUT2D eigenvalue weighted by molar-refractivity contribution is -0.887. The largest absolute Gasteiger partial charge is 0.337 e. The summed E-state index contributed by atoms with van der Waals surface area (Å²) in [7, 11) is 2.18. The smallest absolute Gasteiger partial charge is 0.144 e. The van der Waals surface area contributed by atoms with Crippen LogP contribution in [0.5, 0.6) is 0 Å². The van der Waals surface area contributed by atoms with Gasteiger partial charge in [0.25, 0.3) is 0 Å². The molecule has 0 saturated carbocycles. The predicted molar refractivity (Wildman–Crippen MR) is 49.2 cm³/mol. The third-order valence-corrected chi connectivity index (χ3v) is 2.72. The molecule has 1 rings (SSSR count). The monoisotopic (exact) mass is 170 g/mol. The first-order valence-electron chi connectivity index (χ1n) is 4.96. The van der Waals surface area contributed by atoms with Crippen molar-refractivity contribution in [1.82, 2.24) is 0 Å². The van der Waals surface area contributed by atoms with Gasteiger partial charge in [0.05, 0.1) is 26.1 Å². The van der Waals surface area contributed by atoms with Crippen molar-refractivity contribution >= 4 is 5.78 Å². The number of quaternary nitrogens is 1. The Morgan fingerprint density at radius 2 is 2.17 bits per heavy atom. The number of ketones is 1. The highest BCUT2D eigenvalue weighted by Crippen LogP contribution is 2.13. The van der Waals surface area contributed by atoms with Crippen LogP contribution in [0.15, 0.2) is 0 Å². The fraction of sp³-hybridized carbons (Fsp3) is 0.900. The fourth-order valence-corrected chi connectivity index (χ4v) is 1.99. The molecule has 1 heterocycles. The minimum absolute atomic E-state index is 0.223. The van der Waals surface area contributed by atoms with Gasteiger partial charge in [0.15, 0.2) is 0 Å². The molecular weight excluding hydrogens is 150 g/mol. The fourth-order valence-electron chi connectivity index (χ4n) is 1.99. The van der Waals surface area contributed by atoms with E-state index >= 15 is 0 Å². The Hall–Kier alpha value is -0.370. The Kier molecular flexibility index (Phi) is 3.27. The van der Waals surface area contributed by atoms with Crippen LogP contribution in [0.4, 0.5) is 0 Å². The maximum Gasteiger partial charge on any atom is 0.144 e. The standard InChI is InChI=1S/C10H19NO/c1-8(2)10(12)9-5-4-6-11(3)7-9/h8-9H,4-7H2,1-3H3/p+1. The second-order valence-electron chi connectivity index (χ2n) is 4.31. The van der Waals surface area contributed by atoms with Gasteiger partial charge in [0.2, 0.25) is 0 Å². The van der Waals surface area contributed by atoms with Crippen LogP contribution in [-0.4, -0.2) is 25.9 Å². The van der Waals surface area contributed by atoms with E-state index in [0.29, 0.717) is 11.7 Å². The van der Waals surface area contributed by atoms with Crippen molar-refractivity contribution in [3.8, 4) is 0 Å². The molecule has 0 radical (unpaired) electrons. The summed E-state index contributed by atoms with van der Waals surface area (Å²) in [5, 5.41) is 0. The number of carbonyl (C=O) groups is 1. The maximum atomic E-state index is 11.6. The van der Waals surface area contributed by atoms with E-state index in [4.69, 9.17) is 0 Å². The molecule has 1 N–H and O–H groups in total. The SMILES string of the molecule is CC(C)C(=O)C1CCC[NH+](C)C1. The predicted octanol–water partition coefficient (Wildman–Crippen LogP) is 0.136. The highest BCUT2D eigenvalue weighted by Gasteiger charge is 2.27. The van der Waals surface area contributed by atoms with Gasteiger partial charge < -0.3 is 4.90 Å². The van der Waals surface area contributed by atoms with E-state index in [0.717, 1.165) is 13.0 Å². The van der Waals surface area contributed by atoms with Crippen molar-refractivity contribution in [2.45, 2.75) is 26.7 Å². The zero-order valence-electron chi connectivity index (χ0n) is 8.39. The van der Waals surface area contributed by atoms with Gasteiger partial charge in [-0.1, -0.05) is 13.8 Å². The zero-order chi connectivity index (χ0) is 9.14. The number of carbonyl (C=O) groups excluding carboxylic acids is 1. The Labute approximate surface area is 74.9 Å². The van der Waals surface area contributed by atoms with Gasteiger partial charge in [-0.05, 0) is 12.8 Å². The lowest BCUT2D eigenvalue weighted by Crippen LogP contribution is -3.10. The summed E-state index contributed by atoms with van der Waals surface area (Å²) < 4.78 is 0. The third-order valence-electron chi connectivity index (χ3n) is 2.72. The summed E-state index contributed by atoms with van der Waals surface area (Å²) in [5.41, 5.74) is 0. The van der Waals surface area contributed by atoms with Crippen LogP contribution in [0, 0.1) is 11.8 Å². The van der Waals surface area contributed by atoms with Crippen molar-refractivity contribution in [2.75, 3.05) is 20.1 Å². The van der Waals surface area contributed by atoms with E-state index in [9.17, 15) is 4.79 Å². The summed E-state index contributed by atoms with van der Waals surface area (Å²) >= 11 is 0. The number of rotatable bonds is 2. The third kappa shape index (κ3) is 2.31. The van der Waals surface area contributed by atoms with E-state index in [-0.39, 0.29) is 5.92 Å². The molecule has 1 aliphatic heterocycles. The number of Topliss-reactive ketones (excluding diaryl/α,β-unsaturated/α-hetero) is 1. The summed E-state index contributed by atoms with van der Waals surface area (Å²) in [6.07, 6.45) is 2.34. The number of nitrogens with one attached hydrogen (secondary N) is 1. The van der Waals surface area contributed by atoms with Crippen molar-refractivity contribution < 1.29 is 9.69 Å². The Bertz CT molecular complexity index is 165. The van der Waals surface area contributed by atoms with Crippen LogP contribution < -0.4 is 4.90 Å². The summed E-state index contributed by atoms with van der Waals surface area (Å²) in [6, 6.07) is 0. The lowest BCUT2D eigenvalue weighted by Gasteiger charge is -2.26. The molecule has 0 aromatic rings. The highest BCUT2D eigenvalue weighted by atomic mass is 16.1. The van der Waals surface area contributed by atoms with Crippen LogP contribution in [0.2, 0.25) is 0 Å². The molecule has 0 aromatic carbocycles. The van der Waals surface area contributed by atoms with E-state index < -0.39 is 0 Å². The Morgan fingerprint density at radius 3 is 2.67 bits per heavy atom. The molecule has 1 aliphatic rings. The van der Waals surface area contributed by atoms with Crippen LogP contribution >= 0.6 is 0 Å². The maximum absolute atomic E-state index is 11.6. The van der Waals surface area contributed by atoms with E-state index in [1.54, 1.807) is 0 Å².